The van der Waals surface area contributed by atoms with Crippen LogP contribution in [-0.4, -0.2) is 0 Å². The highest BCUT2D eigenvalue weighted by Gasteiger charge is 2.15. The van der Waals surface area contributed by atoms with E-state index >= 15 is 0 Å². The topological polar surface area (TPSA) is 0 Å². The summed E-state index contributed by atoms with van der Waals surface area (Å²) in [4.78, 5) is 0. The van der Waals surface area contributed by atoms with E-state index in [0.29, 0.717) is 0 Å². The molecule has 1 fully saturated rings. The molecule has 0 N–H and O–H groups in total. The van der Waals surface area contributed by atoms with Crippen LogP contribution in [0.2, 0.25) is 0 Å². The normalized spacial score (nSPS) is 21.2. The van der Waals surface area contributed by atoms with Crippen molar-refractivity contribution >= 4 is 0 Å². The Morgan fingerprint density at radius 3 is 2.31 bits per heavy atom. The summed E-state index contributed by atoms with van der Waals surface area (Å²) in [5.74, 6) is 1.70. The fraction of sp³-hybridized carbons (Fsp3) is 0.692. The van der Waals surface area contributed by atoms with Crippen molar-refractivity contribution in [1.29, 1.82) is 0 Å². The molecule has 0 spiro atoms. The molecule has 1 atom stereocenters. The first kappa shape index (κ1) is 12.5. The second kappa shape index (κ2) is 6.94. The molecule has 0 aromatic rings. The van der Waals surface area contributed by atoms with E-state index in [1.807, 2.05) is 6.08 Å². The Hall–Kier alpha value is -0.520. The SMILES string of the molecule is C=CCC1CCC(=C)C1.CC(C)C. The summed E-state index contributed by atoms with van der Waals surface area (Å²) < 4.78 is 0. The van der Waals surface area contributed by atoms with E-state index in [4.69, 9.17) is 0 Å². The van der Waals surface area contributed by atoms with Gasteiger partial charge in [-0.15, -0.1) is 6.58 Å². The maximum absolute atomic E-state index is 3.95. The first-order valence-electron chi connectivity index (χ1n) is 5.33. The summed E-state index contributed by atoms with van der Waals surface area (Å²) in [6.07, 6.45) is 7.03. The summed E-state index contributed by atoms with van der Waals surface area (Å²) in [6.45, 7) is 14.2. The lowest BCUT2D eigenvalue weighted by Gasteiger charge is -2.01. The maximum atomic E-state index is 3.95. The van der Waals surface area contributed by atoms with Crippen molar-refractivity contribution in [2.75, 3.05) is 0 Å². The highest BCUT2D eigenvalue weighted by atomic mass is 14.2. The molecule has 76 valence electrons. The molecule has 1 rings (SSSR count). The van der Waals surface area contributed by atoms with Crippen LogP contribution in [0.3, 0.4) is 0 Å². The van der Waals surface area contributed by atoms with E-state index in [9.17, 15) is 0 Å². The third-order valence-corrected chi connectivity index (χ3v) is 1.98. The van der Waals surface area contributed by atoms with E-state index in [2.05, 4.69) is 33.9 Å². The predicted octanol–water partition coefficient (Wildman–Crippen LogP) is 4.58. The number of hydrogen-bond acceptors (Lipinski definition) is 0. The highest BCUT2D eigenvalue weighted by Crippen LogP contribution is 2.30. The van der Waals surface area contributed by atoms with Crippen molar-refractivity contribution in [2.45, 2.75) is 46.5 Å². The van der Waals surface area contributed by atoms with E-state index in [-0.39, 0.29) is 0 Å². The van der Waals surface area contributed by atoms with E-state index in [0.717, 1.165) is 11.8 Å². The number of allylic oxidation sites excluding steroid dienone is 2. The van der Waals surface area contributed by atoms with Gasteiger partial charge >= 0.3 is 0 Å². The fourth-order valence-corrected chi connectivity index (χ4v) is 1.46. The van der Waals surface area contributed by atoms with Crippen molar-refractivity contribution in [2.24, 2.45) is 11.8 Å². The molecule has 0 heterocycles. The molecule has 1 saturated carbocycles. The van der Waals surface area contributed by atoms with E-state index in [1.54, 1.807) is 0 Å². The van der Waals surface area contributed by atoms with Crippen LogP contribution in [0.1, 0.15) is 46.5 Å². The van der Waals surface area contributed by atoms with Gasteiger partial charge in [0, 0.05) is 0 Å². The molecule has 1 unspecified atom stereocenters. The van der Waals surface area contributed by atoms with Gasteiger partial charge in [-0.05, 0) is 37.5 Å². The third kappa shape index (κ3) is 7.83. The van der Waals surface area contributed by atoms with Crippen molar-refractivity contribution in [3.05, 3.63) is 24.8 Å². The van der Waals surface area contributed by atoms with Crippen LogP contribution in [0, 0.1) is 11.8 Å². The maximum Gasteiger partial charge on any atom is -0.0291 e. The van der Waals surface area contributed by atoms with Gasteiger partial charge in [-0.25, -0.2) is 0 Å². The zero-order valence-corrected chi connectivity index (χ0v) is 9.47. The minimum atomic E-state index is 0.833. The van der Waals surface area contributed by atoms with Crippen molar-refractivity contribution in [3.8, 4) is 0 Å². The van der Waals surface area contributed by atoms with Crippen LogP contribution in [0.5, 0.6) is 0 Å². The Labute approximate surface area is 83.7 Å². The molecule has 0 aromatic carbocycles. The zero-order chi connectivity index (χ0) is 10.3. The van der Waals surface area contributed by atoms with E-state index < -0.39 is 0 Å². The van der Waals surface area contributed by atoms with E-state index in [1.165, 1.54) is 31.3 Å². The monoisotopic (exact) mass is 180 g/mol. The van der Waals surface area contributed by atoms with Crippen LogP contribution >= 0.6 is 0 Å². The average molecular weight is 180 g/mol. The first-order valence-corrected chi connectivity index (χ1v) is 5.33. The summed E-state index contributed by atoms with van der Waals surface area (Å²) in [5, 5.41) is 0. The number of rotatable bonds is 2. The molecule has 0 heteroatoms. The molecule has 0 nitrogen and oxygen atoms in total. The minimum absolute atomic E-state index is 0.833. The Bertz CT molecular complexity index is 151. The standard InChI is InChI=1S/C9H14.C4H10/c1-3-4-9-6-5-8(2)7-9;1-4(2)3/h3,9H,1-2,4-7H2;4H,1-3H3. The van der Waals surface area contributed by atoms with Crippen LogP contribution in [-0.2, 0) is 0 Å². The summed E-state index contributed by atoms with van der Waals surface area (Å²) in [5.41, 5.74) is 1.43. The smallest absolute Gasteiger partial charge is 0.0291 e. The van der Waals surface area contributed by atoms with Gasteiger partial charge in [0.1, 0.15) is 0 Å². The summed E-state index contributed by atoms with van der Waals surface area (Å²) in [7, 11) is 0. The van der Waals surface area contributed by atoms with Crippen molar-refractivity contribution < 1.29 is 0 Å². The van der Waals surface area contributed by atoms with Crippen LogP contribution in [0.4, 0.5) is 0 Å². The molecule has 0 aromatic heterocycles. The highest BCUT2D eigenvalue weighted by molar-refractivity contribution is 5.02. The Morgan fingerprint density at radius 1 is 1.46 bits per heavy atom. The molecule has 1 aliphatic carbocycles. The van der Waals surface area contributed by atoms with Gasteiger partial charge in [-0.3, -0.25) is 0 Å². The largest absolute Gasteiger partial charge is 0.103 e. The zero-order valence-electron chi connectivity index (χ0n) is 9.47. The molecule has 0 saturated heterocycles. The molecule has 0 radical (unpaired) electrons. The summed E-state index contributed by atoms with van der Waals surface area (Å²) in [6, 6.07) is 0. The van der Waals surface area contributed by atoms with Crippen LogP contribution in [0.25, 0.3) is 0 Å². The second-order valence-electron chi connectivity index (χ2n) is 4.62. The Balaban J connectivity index is 0.000000310. The van der Waals surface area contributed by atoms with Crippen molar-refractivity contribution in [3.63, 3.8) is 0 Å². The average Bonchev–Trinajstić information content (AvgIpc) is 2.35. The van der Waals surface area contributed by atoms with Gasteiger partial charge in [-0.2, -0.15) is 0 Å². The Kier molecular flexibility index (Phi) is 6.66. The molecule has 0 amide bonds. The van der Waals surface area contributed by atoms with Gasteiger partial charge in [0.05, 0.1) is 0 Å². The third-order valence-electron chi connectivity index (χ3n) is 1.98. The molecular formula is C13H24. The van der Waals surface area contributed by atoms with Gasteiger partial charge in [0.25, 0.3) is 0 Å². The molecule has 13 heavy (non-hydrogen) atoms. The summed E-state index contributed by atoms with van der Waals surface area (Å²) >= 11 is 0. The van der Waals surface area contributed by atoms with Gasteiger partial charge < -0.3 is 0 Å². The lowest BCUT2D eigenvalue weighted by molar-refractivity contribution is 0.566. The van der Waals surface area contributed by atoms with Crippen LogP contribution < -0.4 is 0 Å². The molecule has 0 bridgehead atoms. The Morgan fingerprint density at radius 2 is 2.00 bits per heavy atom. The number of hydrogen-bond donors (Lipinski definition) is 0. The van der Waals surface area contributed by atoms with Crippen LogP contribution in [0.15, 0.2) is 24.8 Å². The minimum Gasteiger partial charge on any atom is -0.103 e. The van der Waals surface area contributed by atoms with Gasteiger partial charge in [0.2, 0.25) is 0 Å². The molecular weight excluding hydrogens is 156 g/mol. The molecule has 0 aliphatic heterocycles. The fourth-order valence-electron chi connectivity index (χ4n) is 1.46. The first-order chi connectivity index (χ1) is 6.06. The van der Waals surface area contributed by atoms with Gasteiger partial charge in [0.15, 0.2) is 0 Å². The van der Waals surface area contributed by atoms with Crippen molar-refractivity contribution in [1.82, 2.24) is 0 Å². The lowest BCUT2D eigenvalue weighted by atomic mass is 10.0. The van der Waals surface area contributed by atoms with Gasteiger partial charge in [-0.1, -0.05) is 39.0 Å². The quantitative estimate of drug-likeness (QED) is 0.546. The second-order valence-corrected chi connectivity index (χ2v) is 4.62. The predicted molar refractivity (Wildman–Crippen MR) is 61.8 cm³/mol. The molecule has 1 aliphatic rings. The lowest BCUT2D eigenvalue weighted by Crippen LogP contribution is -1.88.